The Morgan fingerprint density at radius 1 is 1.30 bits per heavy atom. The van der Waals surface area contributed by atoms with Crippen LogP contribution >= 0.6 is 0 Å². The molecule has 2 rings (SSSR count). The molecule has 0 saturated carbocycles. The van der Waals surface area contributed by atoms with E-state index in [1.807, 2.05) is 13.0 Å². The Hall–Kier alpha value is -2.27. The molecule has 1 amide bonds. The summed E-state index contributed by atoms with van der Waals surface area (Å²) in [7, 11) is 0. The molecule has 0 aliphatic rings. The van der Waals surface area contributed by atoms with E-state index in [1.165, 1.54) is 6.20 Å². The molecule has 5 heteroatoms. The number of carbonyl (C=O) groups excluding carboxylic acids is 1. The van der Waals surface area contributed by atoms with E-state index in [0.29, 0.717) is 11.1 Å². The first kappa shape index (κ1) is 17.1. The molecule has 1 heterocycles. The number of pyridine rings is 1. The first-order valence-electron chi connectivity index (χ1n) is 7.70. The average molecular weight is 316 g/mol. The number of aryl methyl sites for hydroxylation is 1. The number of hydrogen-bond donors (Lipinski definition) is 2. The van der Waals surface area contributed by atoms with Gasteiger partial charge in [-0.15, -0.1) is 0 Å². The third-order valence-electron chi connectivity index (χ3n) is 3.95. The van der Waals surface area contributed by atoms with Crippen LogP contribution in [0.1, 0.15) is 37.0 Å². The van der Waals surface area contributed by atoms with E-state index >= 15 is 0 Å². The Kier molecular flexibility index (Phi) is 5.45. The molecule has 0 fully saturated rings. The molecule has 0 saturated heterocycles. The van der Waals surface area contributed by atoms with Crippen LogP contribution in [0, 0.1) is 5.95 Å². The van der Waals surface area contributed by atoms with Gasteiger partial charge in [-0.2, -0.15) is 4.39 Å². The second kappa shape index (κ2) is 7.33. The van der Waals surface area contributed by atoms with Crippen LogP contribution in [0.4, 0.5) is 4.39 Å². The van der Waals surface area contributed by atoms with Crippen LogP contribution in [0.3, 0.4) is 0 Å². The fraction of sp³-hybridized carbons (Fsp3) is 0.333. The third-order valence-corrected chi connectivity index (χ3v) is 3.95. The first-order chi connectivity index (χ1) is 11.0. The summed E-state index contributed by atoms with van der Waals surface area (Å²) in [5, 5.41) is 13.3. The fourth-order valence-corrected chi connectivity index (χ4v) is 2.39. The Labute approximate surface area is 135 Å². The van der Waals surface area contributed by atoms with Crippen LogP contribution in [0.25, 0.3) is 0 Å². The normalized spacial score (nSPS) is 13.4. The van der Waals surface area contributed by atoms with Crippen LogP contribution in [0.2, 0.25) is 0 Å². The van der Waals surface area contributed by atoms with E-state index in [9.17, 15) is 14.3 Å². The highest BCUT2D eigenvalue weighted by Crippen LogP contribution is 2.25. The van der Waals surface area contributed by atoms with Gasteiger partial charge in [-0.1, -0.05) is 44.2 Å². The summed E-state index contributed by atoms with van der Waals surface area (Å²) in [4.78, 5) is 16.1. The maximum Gasteiger partial charge on any atom is 0.256 e. The number of amides is 1. The highest BCUT2D eigenvalue weighted by Gasteiger charge is 2.35. The number of aliphatic hydroxyl groups is 1. The number of rotatable bonds is 6. The summed E-state index contributed by atoms with van der Waals surface area (Å²) >= 11 is 0. The molecule has 1 aromatic carbocycles. The Morgan fingerprint density at radius 3 is 2.61 bits per heavy atom. The van der Waals surface area contributed by atoms with Crippen molar-refractivity contribution in [2.45, 2.75) is 38.8 Å². The first-order valence-corrected chi connectivity index (χ1v) is 7.70. The summed E-state index contributed by atoms with van der Waals surface area (Å²) in [6.45, 7) is 3.66. The molecule has 1 aromatic heterocycles. The minimum absolute atomic E-state index is 0.0132. The Balaban J connectivity index is 2.15. The van der Waals surface area contributed by atoms with E-state index in [4.69, 9.17) is 0 Å². The van der Waals surface area contributed by atoms with Crippen molar-refractivity contribution in [2.75, 3.05) is 0 Å². The van der Waals surface area contributed by atoms with E-state index < -0.39 is 17.5 Å². The molecule has 0 aliphatic carbocycles. The largest absolute Gasteiger partial charge is 0.375 e. The SMILES string of the molecule is CCc1cnc(F)c(CNC(=O)[C@](O)(CC)c2ccccc2)c1. The lowest BCUT2D eigenvalue weighted by Gasteiger charge is -2.26. The minimum atomic E-state index is -1.63. The smallest absolute Gasteiger partial charge is 0.256 e. The van der Waals surface area contributed by atoms with E-state index in [2.05, 4.69) is 10.3 Å². The predicted molar refractivity (Wildman–Crippen MR) is 86.0 cm³/mol. The van der Waals surface area contributed by atoms with Gasteiger partial charge < -0.3 is 10.4 Å². The Morgan fingerprint density at radius 2 is 2.00 bits per heavy atom. The number of carbonyl (C=O) groups is 1. The van der Waals surface area contributed by atoms with Gasteiger partial charge in [0.25, 0.3) is 5.91 Å². The molecule has 0 radical (unpaired) electrons. The van der Waals surface area contributed by atoms with Gasteiger partial charge in [0, 0.05) is 18.3 Å². The van der Waals surface area contributed by atoms with E-state index in [-0.39, 0.29) is 13.0 Å². The van der Waals surface area contributed by atoms with Gasteiger partial charge >= 0.3 is 0 Å². The molecule has 2 N–H and O–H groups in total. The quantitative estimate of drug-likeness (QED) is 0.806. The lowest BCUT2D eigenvalue weighted by molar-refractivity contribution is -0.141. The molecular formula is C18H21FN2O2. The van der Waals surface area contributed by atoms with Gasteiger partial charge in [-0.25, -0.2) is 4.98 Å². The predicted octanol–water partition coefficient (Wildman–Crippen LogP) is 2.70. The van der Waals surface area contributed by atoms with Crippen LogP contribution in [0.5, 0.6) is 0 Å². The van der Waals surface area contributed by atoms with Crippen LogP contribution in [0.15, 0.2) is 42.6 Å². The van der Waals surface area contributed by atoms with Crippen molar-refractivity contribution in [3.8, 4) is 0 Å². The second-order valence-electron chi connectivity index (χ2n) is 5.41. The number of nitrogens with one attached hydrogen (secondary N) is 1. The molecular weight excluding hydrogens is 295 g/mol. The third kappa shape index (κ3) is 3.74. The Bertz CT molecular complexity index is 676. The molecule has 2 aromatic rings. The monoisotopic (exact) mass is 316 g/mol. The van der Waals surface area contributed by atoms with E-state index in [0.717, 1.165) is 12.0 Å². The molecule has 4 nitrogen and oxygen atoms in total. The minimum Gasteiger partial charge on any atom is -0.375 e. The lowest BCUT2D eigenvalue weighted by Crippen LogP contribution is -2.43. The van der Waals surface area contributed by atoms with E-state index in [1.54, 1.807) is 37.3 Å². The summed E-state index contributed by atoms with van der Waals surface area (Å²) in [6.07, 6.45) is 2.43. The van der Waals surface area contributed by atoms with Crippen molar-refractivity contribution >= 4 is 5.91 Å². The average Bonchev–Trinajstić information content (AvgIpc) is 2.60. The fourth-order valence-electron chi connectivity index (χ4n) is 2.39. The maximum absolute atomic E-state index is 13.7. The highest BCUT2D eigenvalue weighted by molar-refractivity contribution is 5.86. The zero-order valence-electron chi connectivity index (χ0n) is 13.3. The van der Waals surface area contributed by atoms with Gasteiger partial charge in [-0.3, -0.25) is 4.79 Å². The molecule has 122 valence electrons. The standard InChI is InChI=1S/C18H21FN2O2/c1-3-13-10-14(16(19)20-11-13)12-21-17(22)18(23,4-2)15-8-6-5-7-9-15/h5-11,23H,3-4,12H2,1-2H3,(H,21,22)/t18-/m0/s1. The van der Waals surface area contributed by atoms with Crippen LogP contribution in [-0.2, 0) is 23.4 Å². The molecule has 1 atom stereocenters. The van der Waals surface area contributed by atoms with Crippen molar-refractivity contribution in [2.24, 2.45) is 0 Å². The second-order valence-corrected chi connectivity index (χ2v) is 5.41. The van der Waals surface area contributed by atoms with Crippen molar-refractivity contribution in [3.05, 3.63) is 65.2 Å². The topological polar surface area (TPSA) is 62.2 Å². The summed E-state index contributed by atoms with van der Waals surface area (Å²) in [6, 6.07) is 10.4. The number of benzene rings is 1. The summed E-state index contributed by atoms with van der Waals surface area (Å²) in [5.74, 6) is -1.16. The van der Waals surface area contributed by atoms with Crippen molar-refractivity contribution in [1.29, 1.82) is 0 Å². The van der Waals surface area contributed by atoms with Gasteiger partial charge in [0.05, 0.1) is 0 Å². The van der Waals surface area contributed by atoms with Crippen molar-refractivity contribution in [1.82, 2.24) is 10.3 Å². The van der Waals surface area contributed by atoms with Gasteiger partial charge in [-0.05, 0) is 30.0 Å². The van der Waals surface area contributed by atoms with Crippen molar-refractivity contribution < 1.29 is 14.3 Å². The molecule has 0 bridgehead atoms. The van der Waals surface area contributed by atoms with Crippen LogP contribution < -0.4 is 5.32 Å². The van der Waals surface area contributed by atoms with Gasteiger partial charge in [0.2, 0.25) is 5.95 Å². The molecule has 0 unspecified atom stereocenters. The summed E-state index contributed by atoms with van der Waals surface area (Å²) < 4.78 is 13.7. The highest BCUT2D eigenvalue weighted by atomic mass is 19.1. The summed E-state index contributed by atoms with van der Waals surface area (Å²) in [5.41, 5.74) is 0.0858. The number of hydrogen-bond acceptors (Lipinski definition) is 3. The zero-order valence-corrected chi connectivity index (χ0v) is 13.3. The number of aromatic nitrogens is 1. The van der Waals surface area contributed by atoms with Crippen molar-refractivity contribution in [3.63, 3.8) is 0 Å². The van der Waals surface area contributed by atoms with Gasteiger partial charge in [0.1, 0.15) is 0 Å². The number of nitrogens with zero attached hydrogens (tertiary/aromatic N) is 1. The number of halogens is 1. The zero-order chi connectivity index (χ0) is 16.9. The maximum atomic E-state index is 13.7. The molecule has 0 spiro atoms. The van der Waals surface area contributed by atoms with Crippen LogP contribution in [-0.4, -0.2) is 16.0 Å². The van der Waals surface area contributed by atoms with Gasteiger partial charge in [0.15, 0.2) is 5.60 Å². The molecule has 23 heavy (non-hydrogen) atoms. The molecule has 0 aliphatic heterocycles. The lowest BCUT2D eigenvalue weighted by atomic mass is 9.90.